The average molecular weight is 482 g/mol. The van der Waals surface area contributed by atoms with Crippen LogP contribution in [0, 0.1) is 6.92 Å². The van der Waals surface area contributed by atoms with Crippen molar-refractivity contribution in [2.45, 2.75) is 23.7 Å². The molecule has 0 radical (unpaired) electrons. The van der Waals surface area contributed by atoms with Gasteiger partial charge < -0.3 is 9.73 Å². The molecule has 7 nitrogen and oxygen atoms in total. The predicted molar refractivity (Wildman–Crippen MR) is 129 cm³/mol. The van der Waals surface area contributed by atoms with Crippen LogP contribution in [0.2, 0.25) is 0 Å². The van der Waals surface area contributed by atoms with Crippen molar-refractivity contribution >= 4 is 56.9 Å². The summed E-state index contributed by atoms with van der Waals surface area (Å²) in [5, 5.41) is 20.5. The first-order chi connectivity index (χ1) is 15.7. The Balaban J connectivity index is 1.26. The van der Waals surface area contributed by atoms with E-state index >= 15 is 0 Å². The number of nitrogens with zero attached hydrogens (tertiary/aromatic N) is 4. The van der Waals surface area contributed by atoms with Gasteiger partial charge in [-0.05, 0) is 48.2 Å². The number of carbonyl (C=O) groups excluding carboxylic acids is 1. The second-order valence-electron chi connectivity index (χ2n) is 7.15. The van der Waals surface area contributed by atoms with Crippen LogP contribution in [0.4, 0.5) is 10.8 Å². The number of anilines is 2. The number of amides is 1. The van der Waals surface area contributed by atoms with Crippen molar-refractivity contribution in [2.75, 3.05) is 11.1 Å². The molecule has 1 atom stereocenters. The SMILES string of the molecule is Cc1cccc(Nc2nnc(SCC(=O)N3N=C(c4cccs4)CC3c3ccco3)s2)c1. The van der Waals surface area contributed by atoms with Gasteiger partial charge in [-0.25, -0.2) is 5.01 Å². The molecule has 0 saturated heterocycles. The first-order valence-corrected chi connectivity index (χ1v) is 12.6. The smallest absolute Gasteiger partial charge is 0.253 e. The van der Waals surface area contributed by atoms with Gasteiger partial charge in [-0.3, -0.25) is 4.79 Å². The van der Waals surface area contributed by atoms with Gasteiger partial charge in [0.1, 0.15) is 11.8 Å². The highest BCUT2D eigenvalue weighted by atomic mass is 32.2. The highest BCUT2D eigenvalue weighted by molar-refractivity contribution is 8.01. The number of benzene rings is 1. The Morgan fingerprint density at radius 1 is 1.25 bits per heavy atom. The Morgan fingerprint density at radius 3 is 2.97 bits per heavy atom. The number of hydrogen-bond donors (Lipinski definition) is 1. The summed E-state index contributed by atoms with van der Waals surface area (Å²) in [7, 11) is 0. The summed E-state index contributed by atoms with van der Waals surface area (Å²) in [4.78, 5) is 14.1. The van der Waals surface area contributed by atoms with Crippen LogP contribution in [0.3, 0.4) is 0 Å². The maximum Gasteiger partial charge on any atom is 0.253 e. The van der Waals surface area contributed by atoms with Crippen LogP contribution in [0.1, 0.15) is 28.7 Å². The number of furan rings is 1. The monoisotopic (exact) mass is 481 g/mol. The molecular weight excluding hydrogens is 462 g/mol. The lowest BCUT2D eigenvalue weighted by molar-refractivity contribution is -0.130. The predicted octanol–water partition coefficient (Wildman–Crippen LogP) is 5.71. The van der Waals surface area contributed by atoms with Crippen molar-refractivity contribution in [2.24, 2.45) is 5.10 Å². The van der Waals surface area contributed by atoms with E-state index in [0.29, 0.717) is 11.6 Å². The largest absolute Gasteiger partial charge is 0.467 e. The van der Waals surface area contributed by atoms with Crippen LogP contribution in [-0.2, 0) is 4.79 Å². The molecule has 1 aliphatic heterocycles. The highest BCUT2D eigenvalue weighted by Gasteiger charge is 2.35. The third-order valence-corrected chi connectivity index (χ3v) is 7.71. The van der Waals surface area contributed by atoms with Crippen molar-refractivity contribution in [3.63, 3.8) is 0 Å². The minimum atomic E-state index is -0.233. The maximum atomic E-state index is 13.1. The number of thiophene rings is 1. The van der Waals surface area contributed by atoms with E-state index in [0.717, 1.165) is 26.4 Å². The maximum absolute atomic E-state index is 13.1. The average Bonchev–Trinajstić information content (AvgIpc) is 3.59. The standard InChI is InChI=1S/C22H19N5O2S3/c1-14-5-2-6-15(11-14)23-21-24-25-22(32-21)31-13-20(28)27-17(18-7-3-9-29-18)12-16(26-27)19-8-4-10-30-19/h2-11,17H,12-13H2,1H3,(H,23,24). The molecular formula is C22H19N5O2S3. The molecule has 0 bridgehead atoms. The van der Waals surface area contributed by atoms with Crippen LogP contribution >= 0.6 is 34.4 Å². The molecule has 0 saturated carbocycles. The molecule has 1 aromatic carbocycles. The molecule has 4 aromatic rings. The van der Waals surface area contributed by atoms with Crippen LogP contribution in [0.5, 0.6) is 0 Å². The van der Waals surface area contributed by atoms with Gasteiger partial charge in [0.25, 0.3) is 5.91 Å². The van der Waals surface area contributed by atoms with Crippen molar-refractivity contribution in [1.29, 1.82) is 0 Å². The van der Waals surface area contributed by atoms with Gasteiger partial charge in [0.2, 0.25) is 5.13 Å². The lowest BCUT2D eigenvalue weighted by atomic mass is 10.1. The van der Waals surface area contributed by atoms with E-state index in [-0.39, 0.29) is 17.7 Å². The first-order valence-electron chi connectivity index (χ1n) is 9.92. The summed E-state index contributed by atoms with van der Waals surface area (Å²) in [6.07, 6.45) is 2.26. The van der Waals surface area contributed by atoms with E-state index in [1.807, 2.05) is 60.8 Å². The Labute approximate surface area is 197 Å². The Hall–Kier alpha value is -2.95. The van der Waals surface area contributed by atoms with E-state index in [2.05, 4.69) is 20.6 Å². The highest BCUT2D eigenvalue weighted by Crippen LogP contribution is 2.35. The number of aromatic nitrogens is 2. The zero-order chi connectivity index (χ0) is 21.9. The number of rotatable bonds is 7. The molecule has 3 aromatic heterocycles. The van der Waals surface area contributed by atoms with Crippen molar-refractivity contribution in [3.8, 4) is 0 Å². The Kier molecular flexibility index (Phi) is 6.06. The fourth-order valence-electron chi connectivity index (χ4n) is 3.39. The number of thioether (sulfide) groups is 1. The van der Waals surface area contributed by atoms with Crippen LogP contribution in [-0.4, -0.2) is 32.6 Å². The van der Waals surface area contributed by atoms with E-state index in [1.54, 1.807) is 22.6 Å². The molecule has 162 valence electrons. The molecule has 0 aliphatic carbocycles. The van der Waals surface area contributed by atoms with Crippen LogP contribution in [0.25, 0.3) is 0 Å². The molecule has 1 N–H and O–H groups in total. The minimum Gasteiger partial charge on any atom is -0.467 e. The fourth-order valence-corrected chi connectivity index (χ4v) is 5.73. The Morgan fingerprint density at radius 2 is 2.19 bits per heavy atom. The van der Waals surface area contributed by atoms with Crippen LogP contribution in [0.15, 0.2) is 74.0 Å². The molecule has 1 unspecified atom stereocenters. The van der Waals surface area contributed by atoms with E-state index in [9.17, 15) is 4.79 Å². The van der Waals surface area contributed by atoms with Gasteiger partial charge in [-0.15, -0.1) is 21.5 Å². The van der Waals surface area contributed by atoms with E-state index in [1.165, 1.54) is 28.7 Å². The third kappa shape index (κ3) is 4.62. The third-order valence-electron chi connectivity index (χ3n) is 4.84. The molecule has 32 heavy (non-hydrogen) atoms. The number of carbonyl (C=O) groups is 1. The lowest BCUT2D eigenvalue weighted by Crippen LogP contribution is -2.28. The van der Waals surface area contributed by atoms with E-state index < -0.39 is 0 Å². The van der Waals surface area contributed by atoms with Gasteiger partial charge in [-0.2, -0.15) is 5.10 Å². The fraction of sp³-hybridized carbons (Fsp3) is 0.182. The number of aryl methyl sites for hydroxylation is 1. The molecule has 4 heterocycles. The van der Waals surface area contributed by atoms with Gasteiger partial charge >= 0.3 is 0 Å². The molecule has 0 fully saturated rings. The summed E-state index contributed by atoms with van der Waals surface area (Å²) >= 11 is 4.41. The molecule has 1 amide bonds. The van der Waals surface area contributed by atoms with Gasteiger partial charge in [0, 0.05) is 12.1 Å². The van der Waals surface area contributed by atoms with Crippen LogP contribution < -0.4 is 5.32 Å². The van der Waals surface area contributed by atoms with Gasteiger partial charge in [0.05, 0.1) is 22.6 Å². The molecule has 10 heteroatoms. The molecule has 1 aliphatic rings. The number of nitrogens with one attached hydrogen (secondary N) is 1. The number of hydrogen-bond acceptors (Lipinski definition) is 9. The second kappa shape index (κ2) is 9.27. The van der Waals surface area contributed by atoms with Gasteiger partial charge in [0.15, 0.2) is 4.34 Å². The lowest BCUT2D eigenvalue weighted by Gasteiger charge is -2.19. The van der Waals surface area contributed by atoms with Crippen molar-refractivity contribution in [1.82, 2.24) is 15.2 Å². The quantitative estimate of drug-likeness (QED) is 0.340. The molecule has 5 rings (SSSR count). The summed E-state index contributed by atoms with van der Waals surface area (Å²) < 4.78 is 6.32. The second-order valence-corrected chi connectivity index (χ2v) is 10.3. The normalized spacial score (nSPS) is 15.7. The zero-order valence-electron chi connectivity index (χ0n) is 17.1. The summed E-state index contributed by atoms with van der Waals surface area (Å²) in [6, 6.07) is 15.6. The van der Waals surface area contributed by atoms with Crippen molar-refractivity contribution in [3.05, 3.63) is 76.4 Å². The van der Waals surface area contributed by atoms with Crippen molar-refractivity contribution < 1.29 is 9.21 Å². The Bertz CT molecular complexity index is 1230. The first kappa shape index (κ1) is 20.9. The van der Waals surface area contributed by atoms with E-state index in [4.69, 9.17) is 4.42 Å². The molecule has 0 spiro atoms. The minimum absolute atomic E-state index is 0.0913. The van der Waals surface area contributed by atoms with Gasteiger partial charge in [-0.1, -0.05) is 41.3 Å². The number of hydrazone groups is 1. The zero-order valence-corrected chi connectivity index (χ0v) is 19.5. The summed E-state index contributed by atoms with van der Waals surface area (Å²) in [5.74, 6) is 0.864. The summed E-state index contributed by atoms with van der Waals surface area (Å²) in [5.41, 5.74) is 3.03. The summed E-state index contributed by atoms with van der Waals surface area (Å²) in [6.45, 7) is 2.04. The topological polar surface area (TPSA) is 83.6 Å².